The molecule has 1 rings (SSSR count). The monoisotopic (exact) mass is 159 g/mol. The van der Waals surface area contributed by atoms with E-state index in [0.717, 1.165) is 0 Å². The fraction of sp³-hybridized carbons (Fsp3) is 0.500. The number of nitrogens with zero attached hydrogens (tertiary/aromatic N) is 1. The SMILES string of the molecule is COCCn1ccsc1=O. The van der Waals surface area contributed by atoms with Gasteiger partial charge in [-0.2, -0.15) is 0 Å². The third kappa shape index (κ3) is 1.68. The highest BCUT2D eigenvalue weighted by molar-refractivity contribution is 7.07. The molecule has 0 saturated carbocycles. The van der Waals surface area contributed by atoms with Crippen LogP contribution >= 0.6 is 11.3 Å². The van der Waals surface area contributed by atoms with E-state index in [9.17, 15) is 4.79 Å². The zero-order chi connectivity index (χ0) is 7.40. The van der Waals surface area contributed by atoms with Crippen LogP contribution in [0.3, 0.4) is 0 Å². The number of hydrogen-bond donors (Lipinski definition) is 0. The van der Waals surface area contributed by atoms with Crippen LogP contribution in [0.2, 0.25) is 0 Å². The molecule has 0 aliphatic heterocycles. The zero-order valence-corrected chi connectivity index (χ0v) is 6.56. The summed E-state index contributed by atoms with van der Waals surface area (Å²) in [6, 6.07) is 0. The van der Waals surface area contributed by atoms with Crippen LogP contribution in [0.15, 0.2) is 16.4 Å². The van der Waals surface area contributed by atoms with E-state index in [1.165, 1.54) is 11.3 Å². The first-order valence-corrected chi connectivity index (χ1v) is 3.85. The second kappa shape index (κ2) is 3.53. The fourth-order valence-corrected chi connectivity index (χ4v) is 1.26. The molecule has 1 heterocycles. The quantitative estimate of drug-likeness (QED) is 0.645. The van der Waals surface area contributed by atoms with Crippen LogP contribution in [-0.2, 0) is 11.3 Å². The molecule has 4 heteroatoms. The first kappa shape index (κ1) is 7.50. The normalized spacial score (nSPS) is 10.1. The smallest absolute Gasteiger partial charge is 0.307 e. The number of thiazole rings is 1. The van der Waals surface area contributed by atoms with Crippen LogP contribution in [0.4, 0.5) is 0 Å². The highest BCUT2D eigenvalue weighted by Crippen LogP contribution is 1.88. The lowest BCUT2D eigenvalue weighted by Crippen LogP contribution is -2.14. The molecule has 0 saturated heterocycles. The molecule has 0 fully saturated rings. The summed E-state index contributed by atoms with van der Waals surface area (Å²) >= 11 is 1.21. The Kier molecular flexibility index (Phi) is 2.65. The molecule has 0 aromatic carbocycles. The second-order valence-corrected chi connectivity index (χ2v) is 2.71. The van der Waals surface area contributed by atoms with E-state index in [0.29, 0.717) is 13.2 Å². The van der Waals surface area contributed by atoms with Gasteiger partial charge in [0.15, 0.2) is 0 Å². The molecule has 0 amide bonds. The molecular formula is C6H9NO2S. The predicted octanol–water partition coefficient (Wildman–Crippen LogP) is 0.556. The van der Waals surface area contributed by atoms with E-state index in [2.05, 4.69) is 0 Å². The number of rotatable bonds is 3. The third-order valence-electron chi connectivity index (χ3n) is 1.18. The van der Waals surface area contributed by atoms with Crippen molar-refractivity contribution >= 4 is 11.3 Å². The minimum Gasteiger partial charge on any atom is -0.383 e. The van der Waals surface area contributed by atoms with E-state index >= 15 is 0 Å². The molecule has 0 bridgehead atoms. The van der Waals surface area contributed by atoms with Crippen molar-refractivity contribution in [1.82, 2.24) is 4.57 Å². The maximum absolute atomic E-state index is 10.9. The Hall–Kier alpha value is -0.610. The maximum atomic E-state index is 10.9. The Balaban J connectivity index is 2.57. The summed E-state index contributed by atoms with van der Waals surface area (Å²) in [5.41, 5.74) is 0. The highest BCUT2D eigenvalue weighted by atomic mass is 32.1. The van der Waals surface area contributed by atoms with Gasteiger partial charge in [0.25, 0.3) is 0 Å². The molecule has 0 atom stereocenters. The van der Waals surface area contributed by atoms with Crippen LogP contribution in [0.1, 0.15) is 0 Å². The fourth-order valence-electron chi connectivity index (χ4n) is 0.646. The highest BCUT2D eigenvalue weighted by Gasteiger charge is 1.93. The largest absolute Gasteiger partial charge is 0.383 e. The molecule has 0 aliphatic rings. The zero-order valence-electron chi connectivity index (χ0n) is 5.74. The van der Waals surface area contributed by atoms with Crippen molar-refractivity contribution in [3.63, 3.8) is 0 Å². The van der Waals surface area contributed by atoms with Crippen molar-refractivity contribution < 1.29 is 4.74 Å². The van der Waals surface area contributed by atoms with Gasteiger partial charge in [-0.05, 0) is 0 Å². The minimum absolute atomic E-state index is 0.0806. The number of ether oxygens (including phenoxy) is 1. The van der Waals surface area contributed by atoms with E-state index in [-0.39, 0.29) is 4.87 Å². The number of aromatic nitrogens is 1. The van der Waals surface area contributed by atoms with Gasteiger partial charge in [0.2, 0.25) is 0 Å². The van der Waals surface area contributed by atoms with Gasteiger partial charge in [-0.25, -0.2) is 0 Å². The molecule has 10 heavy (non-hydrogen) atoms. The van der Waals surface area contributed by atoms with Gasteiger partial charge in [0.05, 0.1) is 6.61 Å². The van der Waals surface area contributed by atoms with Crippen molar-refractivity contribution in [2.45, 2.75) is 6.54 Å². The first-order chi connectivity index (χ1) is 4.84. The van der Waals surface area contributed by atoms with E-state index < -0.39 is 0 Å². The summed E-state index contributed by atoms with van der Waals surface area (Å²) < 4.78 is 6.45. The van der Waals surface area contributed by atoms with Crippen LogP contribution in [0, 0.1) is 0 Å². The van der Waals surface area contributed by atoms with Gasteiger partial charge in [-0.3, -0.25) is 4.79 Å². The van der Waals surface area contributed by atoms with Crippen molar-refractivity contribution in [2.75, 3.05) is 13.7 Å². The topological polar surface area (TPSA) is 31.2 Å². The molecule has 56 valence electrons. The molecule has 0 unspecified atom stereocenters. The lowest BCUT2D eigenvalue weighted by Gasteiger charge is -1.97. The average molecular weight is 159 g/mol. The summed E-state index contributed by atoms with van der Waals surface area (Å²) in [6.07, 6.45) is 1.77. The van der Waals surface area contributed by atoms with E-state index in [1.54, 1.807) is 23.3 Å². The predicted molar refractivity (Wildman–Crippen MR) is 40.5 cm³/mol. The summed E-state index contributed by atoms with van der Waals surface area (Å²) in [5, 5.41) is 1.78. The summed E-state index contributed by atoms with van der Waals surface area (Å²) in [6.45, 7) is 1.25. The first-order valence-electron chi connectivity index (χ1n) is 2.97. The standard InChI is InChI=1S/C6H9NO2S/c1-9-4-2-7-3-5-10-6(7)8/h3,5H,2,4H2,1H3. The summed E-state index contributed by atoms with van der Waals surface area (Å²) in [7, 11) is 1.62. The molecule has 0 spiro atoms. The van der Waals surface area contributed by atoms with Crippen LogP contribution in [-0.4, -0.2) is 18.3 Å². The molecule has 3 nitrogen and oxygen atoms in total. The maximum Gasteiger partial charge on any atom is 0.307 e. The minimum atomic E-state index is 0.0806. The molecule has 1 aromatic heterocycles. The van der Waals surface area contributed by atoms with Crippen molar-refractivity contribution in [1.29, 1.82) is 0 Å². The molecule has 0 N–H and O–H groups in total. The van der Waals surface area contributed by atoms with Gasteiger partial charge in [-0.15, -0.1) is 0 Å². The Morgan fingerprint density at radius 1 is 1.80 bits per heavy atom. The Morgan fingerprint density at radius 3 is 3.10 bits per heavy atom. The molecule has 0 aliphatic carbocycles. The number of methoxy groups -OCH3 is 1. The Bertz CT molecular complexity index is 240. The van der Waals surface area contributed by atoms with Gasteiger partial charge in [-0.1, -0.05) is 11.3 Å². The summed E-state index contributed by atoms with van der Waals surface area (Å²) in [5.74, 6) is 0. The van der Waals surface area contributed by atoms with Gasteiger partial charge < -0.3 is 9.30 Å². The molecule has 1 aromatic rings. The van der Waals surface area contributed by atoms with Crippen molar-refractivity contribution in [3.8, 4) is 0 Å². The van der Waals surface area contributed by atoms with Crippen LogP contribution in [0.5, 0.6) is 0 Å². The average Bonchev–Trinajstić information content (AvgIpc) is 2.31. The van der Waals surface area contributed by atoms with E-state index in [1.807, 2.05) is 0 Å². The molecule has 0 radical (unpaired) electrons. The van der Waals surface area contributed by atoms with Crippen molar-refractivity contribution in [2.24, 2.45) is 0 Å². The van der Waals surface area contributed by atoms with Gasteiger partial charge >= 0.3 is 4.87 Å². The van der Waals surface area contributed by atoms with Gasteiger partial charge in [0.1, 0.15) is 0 Å². The lowest BCUT2D eigenvalue weighted by molar-refractivity contribution is 0.186. The Morgan fingerprint density at radius 2 is 2.60 bits per heavy atom. The molecular weight excluding hydrogens is 150 g/mol. The number of hydrogen-bond acceptors (Lipinski definition) is 3. The lowest BCUT2D eigenvalue weighted by atomic mass is 10.7. The van der Waals surface area contributed by atoms with Crippen molar-refractivity contribution in [3.05, 3.63) is 21.2 Å². The van der Waals surface area contributed by atoms with E-state index in [4.69, 9.17) is 4.74 Å². The second-order valence-electron chi connectivity index (χ2n) is 1.86. The van der Waals surface area contributed by atoms with Gasteiger partial charge in [0, 0.05) is 25.2 Å². The van der Waals surface area contributed by atoms with Crippen LogP contribution < -0.4 is 4.87 Å². The third-order valence-corrected chi connectivity index (χ3v) is 1.87. The van der Waals surface area contributed by atoms with Crippen LogP contribution in [0.25, 0.3) is 0 Å². The summed E-state index contributed by atoms with van der Waals surface area (Å²) in [4.78, 5) is 10.9. The Labute approximate surface area is 62.9 Å².